The lowest BCUT2D eigenvalue weighted by molar-refractivity contribution is 0.0751. The van der Waals surface area contributed by atoms with Crippen LogP contribution in [0.2, 0.25) is 0 Å². The van der Waals surface area contributed by atoms with Gasteiger partial charge in [0.2, 0.25) is 0 Å². The number of aryl methyl sites for hydroxylation is 1. The van der Waals surface area contributed by atoms with Crippen LogP contribution >= 0.6 is 0 Å². The molecule has 0 N–H and O–H groups in total. The van der Waals surface area contributed by atoms with Crippen molar-refractivity contribution < 1.29 is 9.53 Å². The fourth-order valence-corrected chi connectivity index (χ4v) is 3.42. The Morgan fingerprint density at radius 1 is 1.11 bits per heavy atom. The van der Waals surface area contributed by atoms with Crippen LogP contribution in [0.1, 0.15) is 28.0 Å². The van der Waals surface area contributed by atoms with E-state index in [1.165, 1.54) is 27.9 Å². The fourth-order valence-electron chi connectivity index (χ4n) is 3.42. The Bertz CT molecular complexity index is 865. The van der Waals surface area contributed by atoms with Crippen LogP contribution in [0.4, 0.5) is 0 Å². The number of benzene rings is 1. The van der Waals surface area contributed by atoms with E-state index in [2.05, 4.69) is 41.2 Å². The molecule has 1 amide bonds. The quantitative estimate of drug-likeness (QED) is 0.756. The molecule has 28 heavy (non-hydrogen) atoms. The number of carbonyl (C=O) groups excluding carboxylic acids is 1. The number of methoxy groups -OCH3 is 1. The Kier molecular flexibility index (Phi) is 6.95. The van der Waals surface area contributed by atoms with Gasteiger partial charge in [-0.1, -0.05) is 24.3 Å². The van der Waals surface area contributed by atoms with E-state index in [4.69, 9.17) is 4.74 Å². The van der Waals surface area contributed by atoms with Crippen LogP contribution in [0.15, 0.2) is 41.2 Å². The predicted octanol–water partition coefficient (Wildman–Crippen LogP) is 1.55. The van der Waals surface area contributed by atoms with Crippen molar-refractivity contribution in [2.24, 2.45) is 0 Å². The number of ether oxygens (including phenoxy) is 1. The zero-order valence-corrected chi connectivity index (χ0v) is 16.6. The number of aromatic nitrogens is 2. The number of rotatable bonds is 6. The van der Waals surface area contributed by atoms with Gasteiger partial charge in [-0.05, 0) is 30.5 Å². The lowest BCUT2D eigenvalue weighted by atomic mass is 10.1. The number of hydrogen-bond acceptors (Lipinski definition) is 5. The molecule has 1 aliphatic heterocycles. The van der Waals surface area contributed by atoms with Gasteiger partial charge in [-0.2, -0.15) is 5.10 Å². The molecule has 1 aromatic carbocycles. The van der Waals surface area contributed by atoms with Gasteiger partial charge in [0.05, 0.1) is 13.2 Å². The summed E-state index contributed by atoms with van der Waals surface area (Å²) in [6, 6.07) is 11.3. The van der Waals surface area contributed by atoms with Crippen molar-refractivity contribution in [2.75, 3.05) is 39.9 Å². The molecule has 0 atom stereocenters. The maximum Gasteiger partial charge on any atom is 0.274 e. The van der Waals surface area contributed by atoms with Gasteiger partial charge < -0.3 is 9.64 Å². The van der Waals surface area contributed by atoms with Crippen molar-refractivity contribution in [1.29, 1.82) is 0 Å². The molecule has 2 aromatic rings. The SMILES string of the molecule is COCCn1nc(C(=O)N2CCCN(Cc3ccccc3C)CC2)ccc1=O. The van der Waals surface area contributed by atoms with Gasteiger partial charge >= 0.3 is 0 Å². The van der Waals surface area contributed by atoms with E-state index >= 15 is 0 Å². The first-order valence-corrected chi connectivity index (χ1v) is 9.71. The molecule has 0 unspecified atom stereocenters. The highest BCUT2D eigenvalue weighted by Crippen LogP contribution is 2.13. The average Bonchev–Trinajstić information content (AvgIpc) is 2.94. The third-order valence-corrected chi connectivity index (χ3v) is 5.12. The van der Waals surface area contributed by atoms with E-state index < -0.39 is 0 Å². The highest BCUT2D eigenvalue weighted by molar-refractivity contribution is 5.92. The molecule has 1 aromatic heterocycles. The van der Waals surface area contributed by atoms with Crippen LogP contribution in [-0.4, -0.2) is 65.4 Å². The molecule has 0 aliphatic carbocycles. The van der Waals surface area contributed by atoms with Crippen LogP contribution < -0.4 is 5.56 Å². The van der Waals surface area contributed by atoms with Gasteiger partial charge in [-0.15, -0.1) is 0 Å². The summed E-state index contributed by atoms with van der Waals surface area (Å²) in [6.07, 6.45) is 0.918. The monoisotopic (exact) mass is 384 g/mol. The summed E-state index contributed by atoms with van der Waals surface area (Å²) in [5.41, 5.74) is 2.70. The molecule has 0 spiro atoms. The normalized spacial score (nSPS) is 15.4. The Morgan fingerprint density at radius 3 is 2.71 bits per heavy atom. The highest BCUT2D eigenvalue weighted by atomic mass is 16.5. The third kappa shape index (κ3) is 5.05. The van der Waals surface area contributed by atoms with E-state index in [0.29, 0.717) is 31.9 Å². The molecule has 1 fully saturated rings. The molecule has 2 heterocycles. The maximum atomic E-state index is 12.9. The molecule has 7 nitrogen and oxygen atoms in total. The number of hydrogen-bond donors (Lipinski definition) is 0. The van der Waals surface area contributed by atoms with Crippen molar-refractivity contribution in [1.82, 2.24) is 19.6 Å². The fraction of sp³-hybridized carbons (Fsp3) is 0.476. The van der Waals surface area contributed by atoms with Crippen LogP contribution in [0.3, 0.4) is 0 Å². The molecule has 0 radical (unpaired) electrons. The Morgan fingerprint density at radius 2 is 1.93 bits per heavy atom. The van der Waals surface area contributed by atoms with Gasteiger partial charge in [0.25, 0.3) is 11.5 Å². The lowest BCUT2D eigenvalue weighted by Crippen LogP contribution is -2.37. The minimum atomic E-state index is -0.228. The summed E-state index contributed by atoms with van der Waals surface area (Å²) in [5, 5.41) is 4.23. The second-order valence-corrected chi connectivity index (χ2v) is 7.12. The Balaban J connectivity index is 1.64. The molecule has 1 aliphatic rings. The highest BCUT2D eigenvalue weighted by Gasteiger charge is 2.22. The molecular weight excluding hydrogens is 356 g/mol. The Labute approximate surface area is 165 Å². The standard InChI is InChI=1S/C21H28N4O3/c1-17-6-3-4-7-18(17)16-23-10-5-11-24(13-12-23)21(27)19-8-9-20(26)25(22-19)14-15-28-2/h3-4,6-9H,5,10-16H2,1-2H3. The number of nitrogens with zero attached hydrogens (tertiary/aromatic N) is 4. The first-order valence-electron chi connectivity index (χ1n) is 9.71. The van der Waals surface area contributed by atoms with Gasteiger partial charge in [0.1, 0.15) is 5.69 Å². The summed E-state index contributed by atoms with van der Waals surface area (Å²) >= 11 is 0. The second-order valence-electron chi connectivity index (χ2n) is 7.12. The van der Waals surface area contributed by atoms with Gasteiger partial charge in [0.15, 0.2) is 0 Å². The van der Waals surface area contributed by atoms with Crippen molar-refractivity contribution in [3.05, 3.63) is 63.6 Å². The molecule has 3 rings (SSSR count). The molecule has 7 heteroatoms. The predicted molar refractivity (Wildman–Crippen MR) is 107 cm³/mol. The van der Waals surface area contributed by atoms with Crippen LogP contribution in [0, 0.1) is 6.92 Å². The number of amides is 1. The van der Waals surface area contributed by atoms with Crippen LogP contribution in [-0.2, 0) is 17.8 Å². The first-order chi connectivity index (χ1) is 13.6. The summed E-state index contributed by atoms with van der Waals surface area (Å²) in [4.78, 5) is 29.0. The van der Waals surface area contributed by atoms with E-state index in [9.17, 15) is 9.59 Å². The lowest BCUT2D eigenvalue weighted by Gasteiger charge is -2.22. The number of carbonyl (C=O) groups is 1. The Hall–Kier alpha value is -2.51. The van der Waals surface area contributed by atoms with E-state index in [1.54, 1.807) is 7.11 Å². The second kappa shape index (κ2) is 9.61. The van der Waals surface area contributed by atoms with Gasteiger partial charge in [-0.25, -0.2) is 4.68 Å². The summed E-state index contributed by atoms with van der Waals surface area (Å²) < 4.78 is 6.29. The van der Waals surface area contributed by atoms with E-state index in [-0.39, 0.29) is 11.5 Å². The average molecular weight is 384 g/mol. The van der Waals surface area contributed by atoms with Gasteiger partial charge in [0, 0.05) is 45.9 Å². The first kappa shape index (κ1) is 20.2. The van der Waals surface area contributed by atoms with Crippen molar-refractivity contribution in [3.63, 3.8) is 0 Å². The molecule has 150 valence electrons. The van der Waals surface area contributed by atoms with Crippen LogP contribution in [0.5, 0.6) is 0 Å². The van der Waals surface area contributed by atoms with Crippen LogP contribution in [0.25, 0.3) is 0 Å². The smallest absolute Gasteiger partial charge is 0.274 e. The third-order valence-electron chi connectivity index (χ3n) is 5.12. The molecule has 0 saturated carbocycles. The van der Waals surface area contributed by atoms with Crippen molar-refractivity contribution in [3.8, 4) is 0 Å². The minimum Gasteiger partial charge on any atom is -0.383 e. The minimum absolute atomic E-state index is 0.121. The van der Waals surface area contributed by atoms with E-state index in [0.717, 1.165) is 26.1 Å². The van der Waals surface area contributed by atoms with E-state index in [1.807, 2.05) is 4.90 Å². The summed E-state index contributed by atoms with van der Waals surface area (Å²) in [7, 11) is 1.57. The molecule has 0 bridgehead atoms. The topological polar surface area (TPSA) is 67.7 Å². The maximum absolute atomic E-state index is 12.9. The zero-order valence-electron chi connectivity index (χ0n) is 16.6. The molecular formula is C21H28N4O3. The van der Waals surface area contributed by atoms with Crippen molar-refractivity contribution in [2.45, 2.75) is 26.4 Å². The summed E-state index contributed by atoms with van der Waals surface area (Å²) in [5.74, 6) is -0.121. The van der Waals surface area contributed by atoms with Crippen molar-refractivity contribution >= 4 is 5.91 Å². The zero-order chi connectivity index (χ0) is 19.9. The largest absolute Gasteiger partial charge is 0.383 e. The van der Waals surface area contributed by atoms with Gasteiger partial charge in [-0.3, -0.25) is 14.5 Å². The summed E-state index contributed by atoms with van der Waals surface area (Å²) in [6.45, 7) is 6.87. The molecule has 1 saturated heterocycles.